The molecule has 0 aliphatic rings. The van der Waals surface area contributed by atoms with Gasteiger partial charge in [-0.05, 0) is 38.0 Å². The molecule has 1 aromatic carbocycles. The second kappa shape index (κ2) is 7.13. The molecule has 0 aromatic heterocycles. The Bertz CT molecular complexity index is 449. The van der Waals surface area contributed by atoms with Crippen LogP contribution >= 0.6 is 23.2 Å². The molecule has 5 heteroatoms. The van der Waals surface area contributed by atoms with E-state index in [1.165, 1.54) is 0 Å². The van der Waals surface area contributed by atoms with Crippen molar-refractivity contribution in [3.63, 3.8) is 0 Å². The van der Waals surface area contributed by atoms with Crippen LogP contribution in [0.25, 0.3) is 0 Å². The van der Waals surface area contributed by atoms with E-state index in [2.05, 4.69) is 0 Å². The maximum absolute atomic E-state index is 12.2. The number of hydrogen-bond donors (Lipinski definition) is 1. The van der Waals surface area contributed by atoms with Crippen LogP contribution in [0.1, 0.15) is 32.8 Å². The summed E-state index contributed by atoms with van der Waals surface area (Å²) in [5.41, 5.74) is 6.77. The number of nitrogens with zero attached hydrogens (tertiary/aromatic N) is 1. The Kier molecular flexibility index (Phi) is 6.11. The zero-order chi connectivity index (χ0) is 14.6. The maximum Gasteiger partial charge on any atom is 0.240 e. The number of nitrogens with two attached hydrogens (primary N) is 1. The molecule has 0 heterocycles. The van der Waals surface area contributed by atoms with Gasteiger partial charge in [0.15, 0.2) is 0 Å². The van der Waals surface area contributed by atoms with Crippen LogP contribution in [0.2, 0.25) is 10.0 Å². The third kappa shape index (κ3) is 4.37. The highest BCUT2D eigenvalue weighted by atomic mass is 35.5. The molecule has 0 saturated heterocycles. The van der Waals surface area contributed by atoms with Crippen molar-refractivity contribution in [1.29, 1.82) is 0 Å². The van der Waals surface area contributed by atoms with Gasteiger partial charge in [-0.1, -0.05) is 36.2 Å². The third-order valence-corrected chi connectivity index (χ3v) is 3.74. The summed E-state index contributed by atoms with van der Waals surface area (Å²) in [6, 6.07) is 5.02. The topological polar surface area (TPSA) is 46.3 Å². The quantitative estimate of drug-likeness (QED) is 0.905. The number of benzene rings is 1. The lowest BCUT2D eigenvalue weighted by Gasteiger charge is -2.29. The Morgan fingerprint density at radius 3 is 2.42 bits per heavy atom. The summed E-state index contributed by atoms with van der Waals surface area (Å²) in [7, 11) is 0. The lowest BCUT2D eigenvalue weighted by Crippen LogP contribution is -2.46. The van der Waals surface area contributed by atoms with E-state index in [0.29, 0.717) is 23.0 Å². The van der Waals surface area contributed by atoms with Gasteiger partial charge in [0.2, 0.25) is 5.91 Å². The molecule has 1 amide bonds. The van der Waals surface area contributed by atoms with Crippen LogP contribution in [0.5, 0.6) is 0 Å². The molecule has 0 saturated carbocycles. The van der Waals surface area contributed by atoms with Crippen LogP contribution in [0.15, 0.2) is 18.2 Å². The normalized spacial score (nSPS) is 12.6. The minimum Gasteiger partial charge on any atom is -0.335 e. The monoisotopic (exact) mass is 302 g/mol. The standard InChI is InChI=1S/C14H20Cl2N2O/c1-4-13(17)14(19)18(9(2)3)8-10-5-6-11(15)12(16)7-10/h5-7,9,13H,4,8,17H2,1-3H3. The summed E-state index contributed by atoms with van der Waals surface area (Å²) in [5.74, 6) is -0.0384. The summed E-state index contributed by atoms with van der Waals surface area (Å²) in [5, 5.41) is 1.01. The van der Waals surface area contributed by atoms with E-state index in [9.17, 15) is 4.79 Å². The number of carbonyl (C=O) groups is 1. The van der Waals surface area contributed by atoms with Gasteiger partial charge in [0, 0.05) is 12.6 Å². The molecule has 1 rings (SSSR count). The van der Waals surface area contributed by atoms with Crippen molar-refractivity contribution in [2.45, 2.75) is 45.8 Å². The first-order chi connectivity index (χ1) is 8.86. The van der Waals surface area contributed by atoms with Crippen molar-refractivity contribution in [2.75, 3.05) is 0 Å². The molecule has 19 heavy (non-hydrogen) atoms. The molecular weight excluding hydrogens is 283 g/mol. The van der Waals surface area contributed by atoms with Crippen molar-refractivity contribution in [3.05, 3.63) is 33.8 Å². The SMILES string of the molecule is CCC(N)C(=O)N(Cc1ccc(Cl)c(Cl)c1)C(C)C. The number of rotatable bonds is 5. The molecule has 0 spiro atoms. The molecule has 0 fully saturated rings. The van der Waals surface area contributed by atoms with Gasteiger partial charge in [-0.15, -0.1) is 0 Å². The third-order valence-electron chi connectivity index (χ3n) is 3.00. The Morgan fingerprint density at radius 1 is 1.32 bits per heavy atom. The lowest BCUT2D eigenvalue weighted by molar-refractivity contribution is -0.135. The van der Waals surface area contributed by atoms with Crippen molar-refractivity contribution < 1.29 is 4.79 Å². The fourth-order valence-corrected chi connectivity index (χ4v) is 2.06. The van der Waals surface area contributed by atoms with Gasteiger partial charge < -0.3 is 10.6 Å². The maximum atomic E-state index is 12.2. The van der Waals surface area contributed by atoms with E-state index >= 15 is 0 Å². The van der Waals surface area contributed by atoms with E-state index in [-0.39, 0.29) is 11.9 Å². The molecule has 1 unspecified atom stereocenters. The molecule has 3 nitrogen and oxygen atoms in total. The zero-order valence-electron chi connectivity index (χ0n) is 11.5. The number of amides is 1. The van der Waals surface area contributed by atoms with Crippen molar-refractivity contribution in [1.82, 2.24) is 4.90 Å². The predicted molar refractivity (Wildman–Crippen MR) is 80.4 cm³/mol. The van der Waals surface area contributed by atoms with E-state index in [4.69, 9.17) is 28.9 Å². The highest BCUT2D eigenvalue weighted by Gasteiger charge is 2.22. The van der Waals surface area contributed by atoms with Gasteiger partial charge in [0.25, 0.3) is 0 Å². The van der Waals surface area contributed by atoms with Crippen molar-refractivity contribution in [3.8, 4) is 0 Å². The zero-order valence-corrected chi connectivity index (χ0v) is 13.0. The van der Waals surface area contributed by atoms with Gasteiger partial charge in [-0.3, -0.25) is 4.79 Å². The van der Waals surface area contributed by atoms with Crippen LogP contribution in [0.3, 0.4) is 0 Å². The summed E-state index contributed by atoms with van der Waals surface area (Å²) in [6.07, 6.45) is 0.628. The fraction of sp³-hybridized carbons (Fsp3) is 0.500. The summed E-state index contributed by atoms with van der Waals surface area (Å²) in [4.78, 5) is 14.0. The predicted octanol–water partition coefficient (Wildman–Crippen LogP) is 3.47. The van der Waals surface area contributed by atoms with Gasteiger partial charge >= 0.3 is 0 Å². The average Bonchev–Trinajstić information content (AvgIpc) is 2.37. The van der Waals surface area contributed by atoms with Gasteiger partial charge in [0.1, 0.15) is 0 Å². The molecule has 106 valence electrons. The first-order valence-electron chi connectivity index (χ1n) is 6.36. The van der Waals surface area contributed by atoms with Crippen LogP contribution in [-0.4, -0.2) is 22.9 Å². The summed E-state index contributed by atoms with van der Waals surface area (Å²) < 4.78 is 0. The molecular formula is C14H20Cl2N2O. The number of carbonyl (C=O) groups excluding carboxylic acids is 1. The van der Waals surface area contributed by atoms with E-state index in [0.717, 1.165) is 5.56 Å². The van der Waals surface area contributed by atoms with Crippen LogP contribution in [0, 0.1) is 0 Å². The smallest absolute Gasteiger partial charge is 0.240 e. The second-order valence-electron chi connectivity index (χ2n) is 4.82. The largest absolute Gasteiger partial charge is 0.335 e. The molecule has 2 N–H and O–H groups in total. The lowest BCUT2D eigenvalue weighted by atomic mass is 10.1. The van der Waals surface area contributed by atoms with Crippen molar-refractivity contribution >= 4 is 29.1 Å². The van der Waals surface area contributed by atoms with Gasteiger partial charge in [0.05, 0.1) is 16.1 Å². The van der Waals surface area contributed by atoms with Crippen molar-refractivity contribution in [2.24, 2.45) is 5.73 Å². The Hall–Kier alpha value is -0.770. The highest BCUT2D eigenvalue weighted by Crippen LogP contribution is 2.23. The van der Waals surface area contributed by atoms with E-state index < -0.39 is 6.04 Å². The second-order valence-corrected chi connectivity index (χ2v) is 5.64. The van der Waals surface area contributed by atoms with Gasteiger partial charge in [-0.25, -0.2) is 0 Å². The molecule has 0 aliphatic carbocycles. The van der Waals surface area contributed by atoms with Crippen LogP contribution in [0.4, 0.5) is 0 Å². The van der Waals surface area contributed by atoms with E-state index in [1.807, 2.05) is 26.8 Å². The van der Waals surface area contributed by atoms with Crippen LogP contribution < -0.4 is 5.73 Å². The van der Waals surface area contributed by atoms with Crippen LogP contribution in [-0.2, 0) is 11.3 Å². The summed E-state index contributed by atoms with van der Waals surface area (Å²) >= 11 is 11.9. The average molecular weight is 303 g/mol. The molecule has 0 bridgehead atoms. The van der Waals surface area contributed by atoms with Gasteiger partial charge in [-0.2, -0.15) is 0 Å². The minimum atomic E-state index is -0.454. The highest BCUT2D eigenvalue weighted by molar-refractivity contribution is 6.42. The minimum absolute atomic E-state index is 0.0384. The molecule has 1 aromatic rings. The number of hydrogen-bond acceptors (Lipinski definition) is 2. The molecule has 1 atom stereocenters. The Labute approximate surface area is 124 Å². The van der Waals surface area contributed by atoms with E-state index in [1.54, 1.807) is 17.0 Å². The molecule has 0 aliphatic heterocycles. The first-order valence-corrected chi connectivity index (χ1v) is 7.12. The first kappa shape index (κ1) is 16.3. The Morgan fingerprint density at radius 2 is 1.95 bits per heavy atom. The number of halogens is 2. The summed E-state index contributed by atoms with van der Waals surface area (Å²) in [6.45, 7) is 6.33. The molecule has 0 radical (unpaired) electrons. The Balaban J connectivity index is 2.90. The fourth-order valence-electron chi connectivity index (χ4n) is 1.74.